The Hall–Kier alpha value is -1.80. The lowest BCUT2D eigenvalue weighted by atomic mass is 10.2. The molecule has 0 fully saturated rings. The molecule has 0 atom stereocenters. The summed E-state index contributed by atoms with van der Waals surface area (Å²) in [6.07, 6.45) is 1.07. The molecule has 2 rings (SSSR count). The van der Waals surface area contributed by atoms with E-state index in [1.54, 1.807) is 0 Å². The number of hydrogen-bond donors (Lipinski definition) is 0. The van der Waals surface area contributed by atoms with E-state index in [9.17, 15) is 0 Å². The van der Waals surface area contributed by atoms with Crippen molar-refractivity contribution in [2.75, 3.05) is 24.7 Å². The lowest BCUT2D eigenvalue weighted by Gasteiger charge is -2.25. The Balaban J connectivity index is 2.00. The van der Waals surface area contributed by atoms with Crippen LogP contribution in [0.25, 0.3) is 0 Å². The molecule has 0 radical (unpaired) electrons. The van der Waals surface area contributed by atoms with Gasteiger partial charge in [0.15, 0.2) is 0 Å². The molecule has 0 amide bonds. The maximum Gasteiger partial charge on any atom is 0.0641 e. The average Bonchev–Trinajstić information content (AvgIpc) is 2.52. The summed E-state index contributed by atoms with van der Waals surface area (Å²) < 4.78 is 5.63. The Labute approximate surface area is 122 Å². The molecule has 2 aromatic rings. The summed E-state index contributed by atoms with van der Waals surface area (Å²) in [6.45, 7) is 5.59. The third-order valence-electron chi connectivity index (χ3n) is 3.19. The molecule has 2 heteroatoms. The van der Waals surface area contributed by atoms with Gasteiger partial charge in [0.05, 0.1) is 6.61 Å². The van der Waals surface area contributed by atoms with Crippen LogP contribution in [-0.2, 0) is 11.3 Å². The van der Waals surface area contributed by atoms with Gasteiger partial charge in [0, 0.05) is 25.4 Å². The molecular formula is C18H23NO. The van der Waals surface area contributed by atoms with E-state index >= 15 is 0 Å². The summed E-state index contributed by atoms with van der Waals surface area (Å²) >= 11 is 0. The minimum absolute atomic E-state index is 0.773. The lowest BCUT2D eigenvalue weighted by molar-refractivity contribution is 0.140. The highest BCUT2D eigenvalue weighted by molar-refractivity contribution is 5.46. The zero-order valence-electron chi connectivity index (χ0n) is 12.2. The van der Waals surface area contributed by atoms with E-state index in [0.29, 0.717) is 0 Å². The Kier molecular flexibility index (Phi) is 6.12. The smallest absolute Gasteiger partial charge is 0.0641 e. The minimum atomic E-state index is 0.773. The number of nitrogens with zero attached hydrogens (tertiary/aromatic N) is 1. The van der Waals surface area contributed by atoms with Crippen molar-refractivity contribution >= 4 is 5.69 Å². The standard InChI is InChI=1S/C18H23NO/c1-2-14-20-15-13-19(18-11-7-4-8-12-18)16-17-9-5-3-6-10-17/h3-12H,2,13-16H2,1H3. The highest BCUT2D eigenvalue weighted by Gasteiger charge is 2.06. The largest absolute Gasteiger partial charge is 0.380 e. The van der Waals surface area contributed by atoms with Crippen molar-refractivity contribution < 1.29 is 4.74 Å². The summed E-state index contributed by atoms with van der Waals surface area (Å²) in [6, 6.07) is 21.1. The molecule has 2 aromatic carbocycles. The summed E-state index contributed by atoms with van der Waals surface area (Å²) in [5.74, 6) is 0. The number of anilines is 1. The first kappa shape index (κ1) is 14.6. The molecule has 0 spiro atoms. The van der Waals surface area contributed by atoms with Crippen LogP contribution in [0.2, 0.25) is 0 Å². The fraction of sp³-hybridized carbons (Fsp3) is 0.333. The van der Waals surface area contributed by atoms with E-state index in [1.165, 1.54) is 11.3 Å². The molecule has 2 nitrogen and oxygen atoms in total. The Morgan fingerprint density at radius 3 is 2.15 bits per heavy atom. The van der Waals surface area contributed by atoms with Crippen molar-refractivity contribution in [2.45, 2.75) is 19.9 Å². The molecule has 0 N–H and O–H groups in total. The normalized spacial score (nSPS) is 10.4. The molecule has 20 heavy (non-hydrogen) atoms. The fourth-order valence-corrected chi connectivity index (χ4v) is 2.16. The number of hydrogen-bond acceptors (Lipinski definition) is 2. The van der Waals surface area contributed by atoms with Crippen molar-refractivity contribution in [1.29, 1.82) is 0 Å². The molecule has 0 aliphatic rings. The number of ether oxygens (including phenoxy) is 1. The molecule has 0 heterocycles. The van der Waals surface area contributed by atoms with Gasteiger partial charge in [0.2, 0.25) is 0 Å². The Morgan fingerprint density at radius 1 is 0.850 bits per heavy atom. The lowest BCUT2D eigenvalue weighted by Crippen LogP contribution is -2.27. The van der Waals surface area contributed by atoms with Crippen molar-refractivity contribution in [3.8, 4) is 0 Å². The molecule has 0 aliphatic heterocycles. The van der Waals surface area contributed by atoms with Crippen LogP contribution in [0, 0.1) is 0 Å². The summed E-state index contributed by atoms with van der Waals surface area (Å²) in [4.78, 5) is 2.37. The van der Waals surface area contributed by atoms with Gasteiger partial charge in [-0.15, -0.1) is 0 Å². The monoisotopic (exact) mass is 269 g/mol. The van der Waals surface area contributed by atoms with Gasteiger partial charge in [-0.2, -0.15) is 0 Å². The van der Waals surface area contributed by atoms with Crippen LogP contribution in [0.3, 0.4) is 0 Å². The third kappa shape index (κ3) is 4.71. The van der Waals surface area contributed by atoms with Crippen molar-refractivity contribution in [2.24, 2.45) is 0 Å². The first-order valence-corrected chi connectivity index (χ1v) is 7.32. The highest BCUT2D eigenvalue weighted by atomic mass is 16.5. The van der Waals surface area contributed by atoms with Gasteiger partial charge in [-0.3, -0.25) is 0 Å². The summed E-state index contributed by atoms with van der Waals surface area (Å²) in [5, 5.41) is 0. The van der Waals surface area contributed by atoms with E-state index in [4.69, 9.17) is 4.74 Å². The topological polar surface area (TPSA) is 12.5 Å². The molecule has 0 aliphatic carbocycles. The van der Waals surface area contributed by atoms with Gasteiger partial charge in [-0.25, -0.2) is 0 Å². The van der Waals surface area contributed by atoms with Gasteiger partial charge in [0.1, 0.15) is 0 Å². The van der Waals surface area contributed by atoms with Gasteiger partial charge >= 0.3 is 0 Å². The number of rotatable bonds is 8. The molecule has 0 saturated carbocycles. The average molecular weight is 269 g/mol. The third-order valence-corrected chi connectivity index (χ3v) is 3.19. The predicted molar refractivity (Wildman–Crippen MR) is 85.0 cm³/mol. The number of benzene rings is 2. The quantitative estimate of drug-likeness (QED) is 0.668. The first-order valence-electron chi connectivity index (χ1n) is 7.32. The molecular weight excluding hydrogens is 246 g/mol. The zero-order chi connectivity index (χ0) is 14.0. The second kappa shape index (κ2) is 8.39. The highest BCUT2D eigenvalue weighted by Crippen LogP contribution is 2.16. The predicted octanol–water partition coefficient (Wildman–Crippen LogP) is 4.12. The Morgan fingerprint density at radius 2 is 1.50 bits per heavy atom. The molecule has 0 aromatic heterocycles. The van der Waals surface area contributed by atoms with E-state index in [0.717, 1.165) is 32.7 Å². The van der Waals surface area contributed by atoms with Gasteiger partial charge in [0.25, 0.3) is 0 Å². The molecule has 0 saturated heterocycles. The van der Waals surface area contributed by atoms with Crippen LogP contribution >= 0.6 is 0 Å². The second-order valence-corrected chi connectivity index (χ2v) is 4.86. The maximum absolute atomic E-state index is 5.63. The van der Waals surface area contributed by atoms with E-state index in [1.807, 2.05) is 0 Å². The van der Waals surface area contributed by atoms with Crippen LogP contribution in [0.1, 0.15) is 18.9 Å². The maximum atomic E-state index is 5.63. The van der Waals surface area contributed by atoms with E-state index in [2.05, 4.69) is 72.5 Å². The van der Waals surface area contributed by atoms with Crippen molar-refractivity contribution in [3.05, 3.63) is 66.2 Å². The minimum Gasteiger partial charge on any atom is -0.380 e. The number of para-hydroxylation sites is 1. The second-order valence-electron chi connectivity index (χ2n) is 4.86. The van der Waals surface area contributed by atoms with Crippen LogP contribution in [0.15, 0.2) is 60.7 Å². The van der Waals surface area contributed by atoms with Gasteiger partial charge < -0.3 is 9.64 Å². The fourth-order valence-electron chi connectivity index (χ4n) is 2.16. The zero-order valence-corrected chi connectivity index (χ0v) is 12.2. The van der Waals surface area contributed by atoms with Crippen LogP contribution in [0.4, 0.5) is 5.69 Å². The van der Waals surface area contributed by atoms with Crippen molar-refractivity contribution in [3.63, 3.8) is 0 Å². The SMILES string of the molecule is CCCOCCN(Cc1ccccc1)c1ccccc1. The first-order chi connectivity index (χ1) is 9.90. The summed E-state index contributed by atoms with van der Waals surface area (Å²) in [7, 11) is 0. The van der Waals surface area contributed by atoms with Gasteiger partial charge in [-0.1, -0.05) is 55.5 Å². The van der Waals surface area contributed by atoms with Gasteiger partial charge in [-0.05, 0) is 24.1 Å². The van der Waals surface area contributed by atoms with E-state index in [-0.39, 0.29) is 0 Å². The van der Waals surface area contributed by atoms with Crippen molar-refractivity contribution in [1.82, 2.24) is 0 Å². The molecule has 0 bridgehead atoms. The van der Waals surface area contributed by atoms with E-state index < -0.39 is 0 Å². The van der Waals surface area contributed by atoms with Crippen LogP contribution < -0.4 is 4.90 Å². The Bertz CT molecular complexity index is 469. The summed E-state index contributed by atoms with van der Waals surface area (Å²) in [5.41, 5.74) is 2.57. The van der Waals surface area contributed by atoms with Crippen LogP contribution in [-0.4, -0.2) is 19.8 Å². The van der Waals surface area contributed by atoms with Crippen LogP contribution in [0.5, 0.6) is 0 Å². The molecule has 106 valence electrons. The molecule has 0 unspecified atom stereocenters.